The fraction of sp³-hybridized carbons (Fsp3) is 0.650. The molecule has 0 aromatic heterocycles. The highest BCUT2D eigenvalue weighted by atomic mass is 32.1. The smallest absolute Gasteiger partial charge is 0.0739 e. The molecule has 0 heterocycles. The van der Waals surface area contributed by atoms with Gasteiger partial charge in [-0.2, -0.15) is 4.99 Å². The van der Waals surface area contributed by atoms with Crippen LogP contribution in [0.3, 0.4) is 0 Å². The zero-order chi connectivity index (χ0) is 15.6. The Hall–Kier alpha value is -0.980. The van der Waals surface area contributed by atoms with Crippen LogP contribution >= 0.6 is 12.2 Å². The molecule has 2 rings (SSSR count). The third-order valence-corrected chi connectivity index (χ3v) is 5.22. The van der Waals surface area contributed by atoms with E-state index in [1.165, 1.54) is 69.8 Å². The second kappa shape index (κ2) is 9.92. The molecule has 2 heteroatoms. The van der Waals surface area contributed by atoms with E-state index in [9.17, 15) is 0 Å². The number of hydrogen-bond donors (Lipinski definition) is 0. The summed E-state index contributed by atoms with van der Waals surface area (Å²) in [5, 5.41) is 2.42. The first-order valence-electron chi connectivity index (χ1n) is 9.00. The molecule has 1 saturated carbocycles. The van der Waals surface area contributed by atoms with E-state index >= 15 is 0 Å². The summed E-state index contributed by atoms with van der Waals surface area (Å²) in [5.41, 5.74) is 2.33. The molecule has 0 N–H and O–H groups in total. The van der Waals surface area contributed by atoms with Crippen molar-refractivity contribution >= 4 is 23.1 Å². The molecule has 22 heavy (non-hydrogen) atoms. The minimum atomic E-state index is 0.907. The quantitative estimate of drug-likeness (QED) is 0.382. The molecule has 1 aromatic carbocycles. The van der Waals surface area contributed by atoms with Crippen molar-refractivity contribution in [3.8, 4) is 0 Å². The van der Waals surface area contributed by atoms with E-state index in [0.29, 0.717) is 0 Å². The van der Waals surface area contributed by atoms with Crippen molar-refractivity contribution in [3.63, 3.8) is 0 Å². The first kappa shape index (κ1) is 17.4. The molecule has 1 aliphatic rings. The third kappa shape index (κ3) is 5.66. The fourth-order valence-corrected chi connectivity index (χ4v) is 4.06. The topological polar surface area (TPSA) is 12.4 Å². The van der Waals surface area contributed by atoms with Gasteiger partial charge >= 0.3 is 0 Å². The molecule has 0 amide bonds. The van der Waals surface area contributed by atoms with Gasteiger partial charge in [-0.25, -0.2) is 0 Å². The lowest BCUT2D eigenvalue weighted by atomic mass is 9.76. The van der Waals surface area contributed by atoms with Crippen LogP contribution in [0.25, 0.3) is 0 Å². The average Bonchev–Trinajstić information content (AvgIpc) is 2.57. The average molecular weight is 316 g/mol. The Balaban J connectivity index is 1.80. The normalized spacial score (nSPS) is 17.0. The van der Waals surface area contributed by atoms with Gasteiger partial charge in [0.1, 0.15) is 0 Å². The van der Waals surface area contributed by atoms with Gasteiger partial charge < -0.3 is 0 Å². The van der Waals surface area contributed by atoms with Crippen LogP contribution in [0.5, 0.6) is 0 Å². The number of aliphatic imine (C=N–C) groups is 1. The van der Waals surface area contributed by atoms with E-state index in [1.54, 1.807) is 0 Å². The Morgan fingerprint density at radius 1 is 1.14 bits per heavy atom. The van der Waals surface area contributed by atoms with Gasteiger partial charge in [0.05, 0.1) is 10.8 Å². The molecule has 0 aliphatic heterocycles. The highest BCUT2D eigenvalue weighted by Crippen LogP contribution is 2.35. The Bertz CT molecular complexity index is 467. The van der Waals surface area contributed by atoms with E-state index in [4.69, 9.17) is 0 Å². The Kier molecular flexibility index (Phi) is 7.83. The monoisotopic (exact) mass is 315 g/mol. The molecule has 120 valence electrons. The number of aryl methyl sites for hydroxylation is 1. The van der Waals surface area contributed by atoms with Crippen LogP contribution in [0.15, 0.2) is 29.3 Å². The Morgan fingerprint density at radius 3 is 2.50 bits per heavy atom. The molecule has 1 aromatic rings. The maximum absolute atomic E-state index is 4.64. The van der Waals surface area contributed by atoms with Crippen molar-refractivity contribution in [2.45, 2.75) is 71.1 Å². The summed E-state index contributed by atoms with van der Waals surface area (Å²) in [7, 11) is 0. The van der Waals surface area contributed by atoms with E-state index in [0.717, 1.165) is 17.5 Å². The van der Waals surface area contributed by atoms with Crippen molar-refractivity contribution in [1.82, 2.24) is 0 Å². The van der Waals surface area contributed by atoms with Gasteiger partial charge in [-0.05, 0) is 61.0 Å². The molecule has 0 saturated heterocycles. The highest BCUT2D eigenvalue weighted by molar-refractivity contribution is 7.78. The van der Waals surface area contributed by atoms with Crippen LogP contribution < -0.4 is 0 Å². The summed E-state index contributed by atoms with van der Waals surface area (Å²) < 4.78 is 0. The van der Waals surface area contributed by atoms with E-state index < -0.39 is 0 Å². The maximum Gasteiger partial charge on any atom is 0.0739 e. The van der Waals surface area contributed by atoms with E-state index in [2.05, 4.69) is 41.4 Å². The zero-order valence-electron chi connectivity index (χ0n) is 13.9. The standard InChI is InChI=1S/C20H29NS/c1-2-7-18(19-9-4-3-5-10-19)11-6-8-17-12-14-20(15-13-17)21-16-22/h12-15,18-19H,2-11H2,1H3. The number of benzene rings is 1. The summed E-state index contributed by atoms with van der Waals surface area (Å²) in [6.07, 6.45) is 14.0. The Labute approximate surface area is 141 Å². The second-order valence-corrected chi connectivity index (χ2v) is 6.89. The van der Waals surface area contributed by atoms with Crippen molar-refractivity contribution in [3.05, 3.63) is 29.8 Å². The lowest BCUT2D eigenvalue weighted by Gasteiger charge is -2.30. The molecule has 1 aliphatic carbocycles. The molecule has 0 radical (unpaired) electrons. The molecular weight excluding hydrogens is 286 g/mol. The van der Waals surface area contributed by atoms with Gasteiger partial charge in [0.25, 0.3) is 0 Å². The van der Waals surface area contributed by atoms with Crippen molar-refractivity contribution in [2.24, 2.45) is 16.8 Å². The molecule has 0 bridgehead atoms. The van der Waals surface area contributed by atoms with E-state index in [-0.39, 0.29) is 0 Å². The predicted molar refractivity (Wildman–Crippen MR) is 99.0 cm³/mol. The molecule has 1 atom stereocenters. The SMILES string of the molecule is CCCC(CCCc1ccc(N=C=S)cc1)C1CCCCC1. The zero-order valence-corrected chi connectivity index (χ0v) is 14.7. The van der Waals surface area contributed by atoms with Gasteiger partial charge in [-0.15, -0.1) is 0 Å². The van der Waals surface area contributed by atoms with Crippen LogP contribution in [0, 0.1) is 11.8 Å². The minimum absolute atomic E-state index is 0.907. The molecule has 1 fully saturated rings. The van der Waals surface area contributed by atoms with Crippen molar-refractivity contribution in [2.75, 3.05) is 0 Å². The first-order valence-corrected chi connectivity index (χ1v) is 9.41. The molecule has 1 unspecified atom stereocenters. The van der Waals surface area contributed by atoms with Crippen molar-refractivity contribution in [1.29, 1.82) is 0 Å². The minimum Gasteiger partial charge on any atom is -0.195 e. The molecule has 1 nitrogen and oxygen atoms in total. The van der Waals surface area contributed by atoms with Crippen molar-refractivity contribution < 1.29 is 0 Å². The van der Waals surface area contributed by atoms with Gasteiger partial charge in [0.15, 0.2) is 0 Å². The number of nitrogens with zero attached hydrogens (tertiary/aromatic N) is 1. The number of isothiocyanates is 1. The summed E-state index contributed by atoms with van der Waals surface area (Å²) in [5.74, 6) is 1.97. The Morgan fingerprint density at radius 2 is 1.86 bits per heavy atom. The number of thiocarbonyl (C=S) groups is 1. The van der Waals surface area contributed by atoms with E-state index in [1.807, 2.05) is 12.1 Å². The molecular formula is C20H29NS. The summed E-state index contributed by atoms with van der Waals surface area (Å²) in [6.45, 7) is 2.34. The van der Waals surface area contributed by atoms with Crippen LogP contribution in [0.4, 0.5) is 5.69 Å². The number of hydrogen-bond acceptors (Lipinski definition) is 2. The summed E-state index contributed by atoms with van der Waals surface area (Å²) in [4.78, 5) is 4.01. The second-order valence-electron chi connectivity index (χ2n) is 6.71. The van der Waals surface area contributed by atoms with Gasteiger partial charge in [-0.3, -0.25) is 0 Å². The third-order valence-electron chi connectivity index (χ3n) is 5.13. The van der Waals surface area contributed by atoms with Gasteiger partial charge in [0, 0.05) is 0 Å². The molecule has 0 spiro atoms. The predicted octanol–water partition coefficient (Wildman–Crippen LogP) is 6.74. The van der Waals surface area contributed by atoms with Gasteiger partial charge in [-0.1, -0.05) is 64.0 Å². The fourth-order valence-electron chi connectivity index (χ4n) is 3.95. The number of rotatable bonds is 8. The van der Waals surface area contributed by atoms with Gasteiger partial charge in [0.2, 0.25) is 0 Å². The first-order chi connectivity index (χ1) is 10.8. The lowest BCUT2D eigenvalue weighted by Crippen LogP contribution is -2.18. The summed E-state index contributed by atoms with van der Waals surface area (Å²) >= 11 is 4.64. The lowest BCUT2D eigenvalue weighted by molar-refractivity contribution is 0.220. The maximum atomic E-state index is 4.64. The van der Waals surface area contributed by atoms with Crippen LogP contribution in [-0.2, 0) is 6.42 Å². The van der Waals surface area contributed by atoms with Crippen LogP contribution in [-0.4, -0.2) is 5.16 Å². The highest BCUT2D eigenvalue weighted by Gasteiger charge is 2.22. The van der Waals surface area contributed by atoms with Crippen LogP contribution in [0.1, 0.15) is 70.3 Å². The van der Waals surface area contributed by atoms with Crippen LogP contribution in [0.2, 0.25) is 0 Å². The summed E-state index contributed by atoms with van der Waals surface area (Å²) in [6, 6.07) is 8.44. The largest absolute Gasteiger partial charge is 0.195 e.